The standard InChI is InChI=1S/C12H22N6.2ClH/c1-8(2)17-18-9(3)10(11-13-4-5-14-11)12-15-6-7-16-12;;/h8-10H,4-7H2,1-3H3,(H,13,14)(H,15,16);2*1H. The summed E-state index contributed by atoms with van der Waals surface area (Å²) in [6.45, 7) is 9.63. The lowest BCUT2D eigenvalue weighted by molar-refractivity contribution is 0.600. The summed E-state index contributed by atoms with van der Waals surface area (Å²) in [4.78, 5) is 9.02. The first-order chi connectivity index (χ1) is 8.68. The highest BCUT2D eigenvalue weighted by atomic mass is 35.5. The molecule has 0 saturated carbocycles. The molecule has 2 aliphatic rings. The summed E-state index contributed by atoms with van der Waals surface area (Å²) in [7, 11) is 0. The number of nitrogens with zero attached hydrogens (tertiary/aromatic N) is 4. The molecule has 0 aromatic carbocycles. The number of aliphatic imine (C=N–C) groups is 2. The fourth-order valence-electron chi connectivity index (χ4n) is 2.14. The first kappa shape index (κ1) is 19.1. The third kappa shape index (κ3) is 4.90. The summed E-state index contributed by atoms with van der Waals surface area (Å²) in [5.74, 6) is 2.09. The molecule has 0 bridgehead atoms. The van der Waals surface area contributed by atoms with Crippen LogP contribution in [-0.4, -0.2) is 49.9 Å². The number of hydrogen-bond donors (Lipinski definition) is 2. The van der Waals surface area contributed by atoms with Gasteiger partial charge in [0.05, 0.1) is 31.1 Å². The van der Waals surface area contributed by atoms with Gasteiger partial charge in [0.25, 0.3) is 0 Å². The Balaban J connectivity index is 0.00000180. The van der Waals surface area contributed by atoms with Crippen molar-refractivity contribution in [3.05, 3.63) is 0 Å². The molecule has 0 radical (unpaired) electrons. The molecule has 1 unspecified atom stereocenters. The van der Waals surface area contributed by atoms with Crippen molar-refractivity contribution in [3.63, 3.8) is 0 Å². The van der Waals surface area contributed by atoms with Crippen LogP contribution in [0.4, 0.5) is 0 Å². The summed E-state index contributed by atoms with van der Waals surface area (Å²) in [6, 6.07) is 0.283. The van der Waals surface area contributed by atoms with E-state index in [9.17, 15) is 0 Å². The van der Waals surface area contributed by atoms with Crippen LogP contribution >= 0.6 is 24.8 Å². The molecule has 0 aromatic heterocycles. The van der Waals surface area contributed by atoms with Crippen LogP contribution in [0.25, 0.3) is 0 Å². The maximum Gasteiger partial charge on any atom is 0.109 e. The largest absolute Gasteiger partial charge is 0.371 e. The maximum absolute atomic E-state index is 4.51. The molecule has 0 spiro atoms. The normalized spacial score (nSPS) is 19.1. The smallest absolute Gasteiger partial charge is 0.109 e. The first-order valence-electron chi connectivity index (χ1n) is 6.65. The molecule has 6 nitrogen and oxygen atoms in total. The van der Waals surface area contributed by atoms with Crippen molar-refractivity contribution in [3.8, 4) is 0 Å². The zero-order valence-electron chi connectivity index (χ0n) is 12.2. The quantitative estimate of drug-likeness (QED) is 0.756. The summed E-state index contributed by atoms with van der Waals surface area (Å²) in [5, 5.41) is 15.3. The highest BCUT2D eigenvalue weighted by molar-refractivity contribution is 6.07. The molecule has 116 valence electrons. The zero-order chi connectivity index (χ0) is 13.0. The Kier molecular flexibility index (Phi) is 8.73. The van der Waals surface area contributed by atoms with E-state index < -0.39 is 0 Å². The van der Waals surface area contributed by atoms with Gasteiger partial charge in [0, 0.05) is 13.1 Å². The minimum absolute atomic E-state index is 0. The van der Waals surface area contributed by atoms with Crippen molar-refractivity contribution in [2.45, 2.75) is 32.9 Å². The van der Waals surface area contributed by atoms with E-state index in [0.717, 1.165) is 37.9 Å². The van der Waals surface area contributed by atoms with E-state index in [1.165, 1.54) is 0 Å². The molecule has 20 heavy (non-hydrogen) atoms. The number of halogens is 2. The monoisotopic (exact) mass is 322 g/mol. The molecule has 0 aliphatic carbocycles. The van der Waals surface area contributed by atoms with Crippen LogP contribution in [0.15, 0.2) is 20.2 Å². The summed E-state index contributed by atoms with van der Waals surface area (Å²) in [5.41, 5.74) is 0. The predicted octanol–water partition coefficient (Wildman–Crippen LogP) is 1.70. The van der Waals surface area contributed by atoms with Gasteiger partial charge in [-0.15, -0.1) is 24.8 Å². The molecule has 2 N–H and O–H groups in total. The molecule has 0 saturated heterocycles. The number of amidine groups is 2. The summed E-state index contributed by atoms with van der Waals surface area (Å²) < 4.78 is 0. The van der Waals surface area contributed by atoms with Gasteiger partial charge in [-0.25, -0.2) is 0 Å². The highest BCUT2D eigenvalue weighted by Crippen LogP contribution is 2.15. The van der Waals surface area contributed by atoms with Gasteiger partial charge < -0.3 is 10.6 Å². The van der Waals surface area contributed by atoms with Gasteiger partial charge >= 0.3 is 0 Å². The molecule has 0 amide bonds. The number of nitrogens with one attached hydrogen (secondary N) is 2. The van der Waals surface area contributed by atoms with Crippen molar-refractivity contribution in [1.29, 1.82) is 0 Å². The third-order valence-electron chi connectivity index (χ3n) is 2.95. The molecule has 2 aliphatic heterocycles. The minimum atomic E-state index is 0. The van der Waals surface area contributed by atoms with Crippen LogP contribution in [0.3, 0.4) is 0 Å². The molecule has 0 fully saturated rings. The number of rotatable bonds is 5. The van der Waals surface area contributed by atoms with E-state index in [2.05, 4.69) is 37.8 Å². The maximum atomic E-state index is 4.51. The van der Waals surface area contributed by atoms with Gasteiger partial charge in [0.1, 0.15) is 11.7 Å². The highest BCUT2D eigenvalue weighted by Gasteiger charge is 2.31. The van der Waals surface area contributed by atoms with Gasteiger partial charge in [-0.1, -0.05) is 0 Å². The average molecular weight is 323 g/mol. The summed E-state index contributed by atoms with van der Waals surface area (Å²) >= 11 is 0. The number of hydrogen-bond acceptors (Lipinski definition) is 6. The second kappa shape index (κ2) is 9.13. The van der Waals surface area contributed by atoms with Gasteiger partial charge in [-0.2, -0.15) is 10.2 Å². The van der Waals surface area contributed by atoms with Crippen LogP contribution in [0.5, 0.6) is 0 Å². The van der Waals surface area contributed by atoms with E-state index >= 15 is 0 Å². The van der Waals surface area contributed by atoms with Crippen molar-refractivity contribution < 1.29 is 0 Å². The minimum Gasteiger partial charge on any atom is -0.371 e. The Morgan fingerprint density at radius 1 is 0.900 bits per heavy atom. The van der Waals surface area contributed by atoms with Crippen LogP contribution in [0.1, 0.15) is 20.8 Å². The van der Waals surface area contributed by atoms with Crippen LogP contribution in [0, 0.1) is 5.92 Å². The molecule has 1 atom stereocenters. The van der Waals surface area contributed by atoms with Crippen molar-refractivity contribution in [2.75, 3.05) is 26.2 Å². The van der Waals surface area contributed by atoms with E-state index in [1.807, 2.05) is 13.8 Å². The Morgan fingerprint density at radius 2 is 1.40 bits per heavy atom. The first-order valence-corrected chi connectivity index (χ1v) is 6.65. The van der Waals surface area contributed by atoms with E-state index in [1.54, 1.807) is 0 Å². The lowest BCUT2D eigenvalue weighted by Gasteiger charge is -2.21. The molecular weight excluding hydrogens is 299 g/mol. The van der Waals surface area contributed by atoms with Crippen molar-refractivity contribution >= 4 is 36.5 Å². The third-order valence-corrected chi connectivity index (χ3v) is 2.95. The summed E-state index contributed by atoms with van der Waals surface area (Å²) in [6.07, 6.45) is 0. The lowest BCUT2D eigenvalue weighted by Crippen LogP contribution is -2.43. The zero-order valence-corrected chi connectivity index (χ0v) is 13.8. The molecule has 2 rings (SSSR count). The van der Waals surface area contributed by atoms with E-state index in [4.69, 9.17) is 0 Å². The molecular formula is C12H24Cl2N6. The SMILES string of the molecule is CC(C)N=NC(C)C(C1=NCCN1)C1=NCCN1.Cl.Cl. The van der Waals surface area contributed by atoms with Crippen molar-refractivity contribution in [2.24, 2.45) is 26.1 Å². The number of azo groups is 1. The van der Waals surface area contributed by atoms with Gasteiger partial charge in [-0.05, 0) is 20.8 Å². The van der Waals surface area contributed by atoms with Crippen molar-refractivity contribution in [1.82, 2.24) is 10.6 Å². The second-order valence-electron chi connectivity index (χ2n) is 4.93. The topological polar surface area (TPSA) is 73.5 Å². The van der Waals surface area contributed by atoms with Crippen LogP contribution < -0.4 is 10.6 Å². The van der Waals surface area contributed by atoms with Gasteiger partial charge in [0.2, 0.25) is 0 Å². The lowest BCUT2D eigenvalue weighted by atomic mass is 9.99. The Labute approximate surface area is 132 Å². The Morgan fingerprint density at radius 3 is 1.75 bits per heavy atom. The van der Waals surface area contributed by atoms with Crippen LogP contribution in [0.2, 0.25) is 0 Å². The molecule has 8 heteroatoms. The van der Waals surface area contributed by atoms with E-state index in [0.29, 0.717) is 0 Å². The van der Waals surface area contributed by atoms with E-state index in [-0.39, 0.29) is 42.8 Å². The van der Waals surface area contributed by atoms with Crippen LogP contribution in [-0.2, 0) is 0 Å². The second-order valence-corrected chi connectivity index (χ2v) is 4.93. The Hall–Kier alpha value is -0.880. The Bertz CT molecular complexity index is 356. The fraction of sp³-hybridized carbons (Fsp3) is 0.833. The van der Waals surface area contributed by atoms with Gasteiger partial charge in [-0.3, -0.25) is 9.98 Å². The predicted molar refractivity (Wildman–Crippen MR) is 88.0 cm³/mol. The average Bonchev–Trinajstić information content (AvgIpc) is 2.99. The molecule has 2 heterocycles. The molecule has 0 aromatic rings. The van der Waals surface area contributed by atoms with Gasteiger partial charge in [0.15, 0.2) is 0 Å². The fourth-order valence-corrected chi connectivity index (χ4v) is 2.14.